The van der Waals surface area contributed by atoms with E-state index in [2.05, 4.69) is 60.1 Å². The number of hydrogen-bond acceptors (Lipinski definition) is 4. The van der Waals surface area contributed by atoms with Gasteiger partial charge in [-0.2, -0.15) is 5.10 Å². The highest BCUT2D eigenvalue weighted by Crippen LogP contribution is 2.30. The van der Waals surface area contributed by atoms with Crippen LogP contribution in [0.4, 0.5) is 0 Å². The van der Waals surface area contributed by atoms with Gasteiger partial charge in [-0.15, -0.1) is 0 Å². The molecule has 0 bridgehead atoms. The smallest absolute Gasteiger partial charge is 0.284 e. The van der Waals surface area contributed by atoms with Gasteiger partial charge in [0.05, 0.1) is 6.21 Å². The summed E-state index contributed by atoms with van der Waals surface area (Å²) in [4.78, 5) is 12.4. The third-order valence-electron chi connectivity index (χ3n) is 5.40. The maximum absolute atomic E-state index is 12.4. The first-order chi connectivity index (χ1) is 14.4. The lowest BCUT2D eigenvalue weighted by Crippen LogP contribution is -2.42. The Balaban J connectivity index is 1.46. The molecule has 1 N–H and O–H groups in total. The number of hydrazone groups is 1. The predicted octanol–water partition coefficient (Wildman–Crippen LogP) is 4.00. The zero-order valence-electron chi connectivity index (χ0n) is 17.6. The number of aromatic nitrogens is 1. The highest BCUT2D eigenvalue weighted by Gasteiger charge is 2.27. The van der Waals surface area contributed by atoms with E-state index >= 15 is 0 Å². The SMILES string of the molecule is Cc1ccc(-n2c(C)cc(/C=N\NC(=O)[C@H]3COc4ccccc4O3)c2C)cc1C. The molecule has 1 amide bonds. The standard InChI is InChI=1S/C24H25N3O3/c1-15-9-10-20(11-16(15)2)27-17(3)12-19(18(27)4)13-25-26-24(28)23-14-29-21-7-5-6-8-22(21)30-23/h5-13,23H,14H2,1-4H3,(H,26,28)/b25-13-/t23-/m1/s1. The van der Waals surface area contributed by atoms with E-state index < -0.39 is 6.10 Å². The molecule has 0 aliphatic carbocycles. The molecule has 154 valence electrons. The first-order valence-electron chi connectivity index (χ1n) is 9.92. The van der Waals surface area contributed by atoms with Crippen LogP contribution in [-0.2, 0) is 4.79 Å². The summed E-state index contributed by atoms with van der Waals surface area (Å²) in [5, 5.41) is 4.14. The van der Waals surface area contributed by atoms with E-state index in [0.717, 1.165) is 22.6 Å². The normalized spacial score (nSPS) is 15.4. The van der Waals surface area contributed by atoms with Gasteiger partial charge in [0.15, 0.2) is 11.5 Å². The molecule has 6 heteroatoms. The van der Waals surface area contributed by atoms with Gasteiger partial charge < -0.3 is 14.0 Å². The minimum absolute atomic E-state index is 0.152. The molecule has 0 unspecified atom stereocenters. The fraction of sp³-hybridized carbons (Fsp3) is 0.250. The Hall–Kier alpha value is -3.54. The van der Waals surface area contributed by atoms with Crippen molar-refractivity contribution in [2.45, 2.75) is 33.8 Å². The maximum Gasteiger partial charge on any atom is 0.284 e. The van der Waals surface area contributed by atoms with Gasteiger partial charge in [0.1, 0.15) is 6.61 Å². The van der Waals surface area contributed by atoms with Gasteiger partial charge in [-0.25, -0.2) is 5.43 Å². The van der Waals surface area contributed by atoms with Crippen LogP contribution in [0.1, 0.15) is 28.1 Å². The van der Waals surface area contributed by atoms with Crippen molar-refractivity contribution in [3.63, 3.8) is 0 Å². The van der Waals surface area contributed by atoms with Crippen LogP contribution in [0.15, 0.2) is 53.6 Å². The zero-order valence-corrected chi connectivity index (χ0v) is 17.6. The van der Waals surface area contributed by atoms with E-state index in [9.17, 15) is 4.79 Å². The molecule has 3 aromatic rings. The Morgan fingerprint density at radius 2 is 1.83 bits per heavy atom. The molecule has 0 fully saturated rings. The zero-order chi connectivity index (χ0) is 21.3. The van der Waals surface area contributed by atoms with Crippen LogP contribution in [0.3, 0.4) is 0 Å². The Bertz CT molecular complexity index is 1130. The molecule has 0 saturated carbocycles. The number of benzene rings is 2. The van der Waals surface area contributed by atoms with Crippen LogP contribution < -0.4 is 14.9 Å². The fourth-order valence-corrected chi connectivity index (χ4v) is 3.57. The molecule has 6 nitrogen and oxygen atoms in total. The lowest BCUT2D eigenvalue weighted by atomic mass is 10.1. The first-order valence-corrected chi connectivity index (χ1v) is 9.92. The Labute approximate surface area is 176 Å². The number of fused-ring (bicyclic) bond motifs is 1. The number of carbonyl (C=O) groups excluding carboxylic acids is 1. The molecule has 1 atom stereocenters. The molecule has 2 aromatic carbocycles. The summed E-state index contributed by atoms with van der Waals surface area (Å²) in [5.74, 6) is 0.859. The van der Waals surface area contributed by atoms with E-state index in [-0.39, 0.29) is 12.5 Å². The van der Waals surface area contributed by atoms with Crippen LogP contribution in [0.25, 0.3) is 5.69 Å². The van der Waals surface area contributed by atoms with Gasteiger partial charge >= 0.3 is 0 Å². The second-order valence-corrected chi connectivity index (χ2v) is 7.53. The van der Waals surface area contributed by atoms with Crippen LogP contribution in [0.2, 0.25) is 0 Å². The van der Waals surface area contributed by atoms with Crippen molar-refractivity contribution in [1.29, 1.82) is 0 Å². The second-order valence-electron chi connectivity index (χ2n) is 7.53. The van der Waals surface area contributed by atoms with Crippen molar-refractivity contribution in [2.75, 3.05) is 6.61 Å². The summed E-state index contributed by atoms with van der Waals surface area (Å²) in [5.41, 5.74) is 9.29. The van der Waals surface area contributed by atoms with Crippen LogP contribution in [-0.4, -0.2) is 29.4 Å². The molecule has 0 saturated heterocycles. The van der Waals surface area contributed by atoms with Crippen LogP contribution in [0, 0.1) is 27.7 Å². The average Bonchev–Trinajstić information content (AvgIpc) is 3.03. The summed E-state index contributed by atoms with van der Waals surface area (Å²) >= 11 is 0. The number of aryl methyl sites for hydroxylation is 3. The number of hydrogen-bond donors (Lipinski definition) is 1. The highest BCUT2D eigenvalue weighted by atomic mass is 16.6. The van der Waals surface area contributed by atoms with Crippen molar-refractivity contribution in [3.8, 4) is 17.2 Å². The van der Waals surface area contributed by atoms with Crippen LogP contribution in [0.5, 0.6) is 11.5 Å². The second kappa shape index (κ2) is 8.06. The number of amides is 1. The van der Waals surface area contributed by atoms with Gasteiger partial charge in [0, 0.05) is 22.6 Å². The van der Waals surface area contributed by atoms with Crippen molar-refractivity contribution in [1.82, 2.24) is 9.99 Å². The van der Waals surface area contributed by atoms with Crippen molar-refractivity contribution < 1.29 is 14.3 Å². The summed E-state index contributed by atoms with van der Waals surface area (Å²) < 4.78 is 13.5. The minimum Gasteiger partial charge on any atom is -0.485 e. The summed E-state index contributed by atoms with van der Waals surface area (Å²) in [7, 11) is 0. The first kappa shape index (κ1) is 19.8. The molecule has 0 spiro atoms. The molecular weight excluding hydrogens is 378 g/mol. The topological polar surface area (TPSA) is 64.9 Å². The van der Waals surface area contributed by atoms with E-state index in [1.54, 1.807) is 12.3 Å². The lowest BCUT2D eigenvalue weighted by Gasteiger charge is -2.24. The number of nitrogens with zero attached hydrogens (tertiary/aromatic N) is 2. The van der Waals surface area contributed by atoms with E-state index in [4.69, 9.17) is 9.47 Å². The highest BCUT2D eigenvalue weighted by molar-refractivity contribution is 5.86. The van der Waals surface area contributed by atoms with Crippen molar-refractivity contribution in [3.05, 3.63) is 76.6 Å². The number of nitrogens with one attached hydrogen (secondary N) is 1. The van der Waals surface area contributed by atoms with Gasteiger partial charge in [-0.05, 0) is 69.2 Å². The molecular formula is C24H25N3O3. The van der Waals surface area contributed by atoms with Gasteiger partial charge in [-0.3, -0.25) is 4.79 Å². The van der Waals surface area contributed by atoms with Gasteiger partial charge in [0.2, 0.25) is 6.10 Å². The van der Waals surface area contributed by atoms with Crippen LogP contribution >= 0.6 is 0 Å². The number of ether oxygens (including phenoxy) is 2. The van der Waals surface area contributed by atoms with E-state index in [0.29, 0.717) is 11.5 Å². The third kappa shape index (κ3) is 3.81. The number of para-hydroxylation sites is 2. The molecule has 1 aromatic heterocycles. The Morgan fingerprint density at radius 3 is 2.60 bits per heavy atom. The summed E-state index contributed by atoms with van der Waals surface area (Å²) in [6.45, 7) is 8.47. The van der Waals surface area contributed by atoms with Gasteiger partial charge in [-0.1, -0.05) is 18.2 Å². The number of carbonyl (C=O) groups is 1. The number of rotatable bonds is 4. The van der Waals surface area contributed by atoms with E-state index in [1.165, 1.54) is 11.1 Å². The molecule has 1 aliphatic heterocycles. The van der Waals surface area contributed by atoms with Gasteiger partial charge in [0.25, 0.3) is 5.91 Å². The van der Waals surface area contributed by atoms with Crippen molar-refractivity contribution in [2.24, 2.45) is 5.10 Å². The molecule has 4 rings (SSSR count). The molecule has 2 heterocycles. The van der Waals surface area contributed by atoms with Crippen molar-refractivity contribution >= 4 is 12.1 Å². The average molecular weight is 403 g/mol. The third-order valence-corrected chi connectivity index (χ3v) is 5.40. The lowest BCUT2D eigenvalue weighted by molar-refractivity contribution is -0.130. The Kier molecular flexibility index (Phi) is 5.31. The largest absolute Gasteiger partial charge is 0.485 e. The minimum atomic E-state index is -0.736. The molecule has 1 aliphatic rings. The summed E-state index contributed by atoms with van der Waals surface area (Å²) in [6.07, 6.45) is 0.926. The molecule has 0 radical (unpaired) electrons. The molecule has 30 heavy (non-hydrogen) atoms. The quantitative estimate of drug-likeness (QED) is 0.529. The summed E-state index contributed by atoms with van der Waals surface area (Å²) in [6, 6.07) is 15.8. The Morgan fingerprint density at radius 1 is 1.07 bits per heavy atom. The fourth-order valence-electron chi connectivity index (χ4n) is 3.57. The van der Waals surface area contributed by atoms with E-state index in [1.807, 2.05) is 25.1 Å². The monoisotopic (exact) mass is 403 g/mol. The maximum atomic E-state index is 12.4. The predicted molar refractivity (Wildman–Crippen MR) is 117 cm³/mol.